The summed E-state index contributed by atoms with van der Waals surface area (Å²) in [4.78, 5) is 4.53. The SMILES string of the molecule is COc1ccc(NC(=S)N2CCN(c3cccc(Cl)c3)CC2)cc1. The summed E-state index contributed by atoms with van der Waals surface area (Å²) in [6, 6.07) is 15.8. The summed E-state index contributed by atoms with van der Waals surface area (Å²) in [5, 5.41) is 4.81. The quantitative estimate of drug-likeness (QED) is 0.838. The van der Waals surface area contributed by atoms with E-state index in [0.717, 1.165) is 53.4 Å². The van der Waals surface area contributed by atoms with E-state index in [4.69, 9.17) is 28.6 Å². The molecule has 2 aromatic carbocycles. The number of benzene rings is 2. The van der Waals surface area contributed by atoms with Crippen molar-refractivity contribution < 1.29 is 4.74 Å². The molecule has 1 aliphatic heterocycles. The van der Waals surface area contributed by atoms with Gasteiger partial charge in [0.25, 0.3) is 0 Å². The second-order valence-corrected chi connectivity index (χ2v) is 6.44. The third kappa shape index (κ3) is 4.10. The molecule has 0 saturated carbocycles. The summed E-state index contributed by atoms with van der Waals surface area (Å²) in [5.74, 6) is 0.835. The number of methoxy groups -OCH3 is 1. The van der Waals surface area contributed by atoms with Crippen molar-refractivity contribution in [2.75, 3.05) is 43.5 Å². The third-order valence-electron chi connectivity index (χ3n) is 4.08. The maximum absolute atomic E-state index is 6.08. The summed E-state index contributed by atoms with van der Waals surface area (Å²) in [5.41, 5.74) is 2.13. The number of anilines is 2. The van der Waals surface area contributed by atoms with Crippen LogP contribution in [0.5, 0.6) is 5.75 Å². The molecule has 0 aliphatic carbocycles. The zero-order chi connectivity index (χ0) is 16.9. The molecule has 1 heterocycles. The van der Waals surface area contributed by atoms with E-state index in [1.54, 1.807) is 7.11 Å². The highest BCUT2D eigenvalue weighted by Gasteiger charge is 2.19. The molecular weight excluding hydrogens is 342 g/mol. The number of nitrogens with one attached hydrogen (secondary N) is 1. The largest absolute Gasteiger partial charge is 0.497 e. The van der Waals surface area contributed by atoms with Crippen LogP contribution in [0, 0.1) is 0 Å². The molecule has 1 N–H and O–H groups in total. The lowest BCUT2D eigenvalue weighted by atomic mass is 10.2. The lowest BCUT2D eigenvalue weighted by molar-refractivity contribution is 0.391. The molecule has 0 radical (unpaired) electrons. The van der Waals surface area contributed by atoms with Crippen LogP contribution in [0.15, 0.2) is 48.5 Å². The average Bonchev–Trinajstić information content (AvgIpc) is 2.62. The van der Waals surface area contributed by atoms with E-state index in [2.05, 4.69) is 21.2 Å². The van der Waals surface area contributed by atoms with Crippen molar-refractivity contribution in [3.05, 3.63) is 53.6 Å². The standard InChI is InChI=1S/C18H20ClN3OS/c1-23-17-7-5-15(6-8-17)20-18(24)22-11-9-21(10-12-22)16-4-2-3-14(19)13-16/h2-8,13H,9-12H2,1H3,(H,20,24). The van der Waals surface area contributed by atoms with Crippen LogP contribution in [0.25, 0.3) is 0 Å². The first kappa shape index (κ1) is 16.9. The number of ether oxygens (including phenoxy) is 1. The first-order valence-electron chi connectivity index (χ1n) is 7.86. The van der Waals surface area contributed by atoms with Crippen LogP contribution in [-0.4, -0.2) is 43.3 Å². The highest BCUT2D eigenvalue weighted by molar-refractivity contribution is 7.80. The average molecular weight is 362 g/mol. The molecule has 0 unspecified atom stereocenters. The molecule has 1 saturated heterocycles. The Morgan fingerprint density at radius 3 is 2.42 bits per heavy atom. The first-order valence-corrected chi connectivity index (χ1v) is 8.65. The number of nitrogens with zero attached hydrogens (tertiary/aromatic N) is 2. The molecule has 0 atom stereocenters. The highest BCUT2D eigenvalue weighted by atomic mass is 35.5. The van der Waals surface area contributed by atoms with E-state index in [-0.39, 0.29) is 0 Å². The summed E-state index contributed by atoms with van der Waals surface area (Å²) in [6.07, 6.45) is 0. The highest BCUT2D eigenvalue weighted by Crippen LogP contribution is 2.21. The van der Waals surface area contributed by atoms with Crippen molar-refractivity contribution in [1.82, 2.24) is 4.90 Å². The smallest absolute Gasteiger partial charge is 0.173 e. The molecule has 0 spiro atoms. The second-order valence-electron chi connectivity index (χ2n) is 5.61. The Bertz CT molecular complexity index is 700. The monoisotopic (exact) mass is 361 g/mol. The third-order valence-corrected chi connectivity index (χ3v) is 4.68. The fourth-order valence-corrected chi connectivity index (χ4v) is 3.20. The molecule has 0 amide bonds. The molecule has 0 bridgehead atoms. The summed E-state index contributed by atoms with van der Waals surface area (Å²) in [7, 11) is 1.66. The molecular formula is C18H20ClN3OS. The topological polar surface area (TPSA) is 27.7 Å². The molecule has 1 fully saturated rings. The van der Waals surface area contributed by atoms with Gasteiger partial charge in [-0.15, -0.1) is 0 Å². The van der Waals surface area contributed by atoms with Crippen LogP contribution in [0.3, 0.4) is 0 Å². The van der Waals surface area contributed by atoms with Crippen LogP contribution in [0.1, 0.15) is 0 Å². The lowest BCUT2D eigenvalue weighted by Crippen LogP contribution is -2.50. The van der Waals surface area contributed by atoms with Gasteiger partial charge in [0.1, 0.15) is 5.75 Å². The van der Waals surface area contributed by atoms with Crippen molar-refractivity contribution in [3.8, 4) is 5.75 Å². The normalized spacial score (nSPS) is 14.4. The Morgan fingerprint density at radius 1 is 1.08 bits per heavy atom. The van der Waals surface area contributed by atoms with E-state index >= 15 is 0 Å². The predicted octanol–water partition coefficient (Wildman–Crippen LogP) is 3.87. The maximum Gasteiger partial charge on any atom is 0.173 e. The van der Waals surface area contributed by atoms with Crippen LogP contribution in [0.2, 0.25) is 5.02 Å². The number of piperazine rings is 1. The number of hydrogen-bond donors (Lipinski definition) is 1. The lowest BCUT2D eigenvalue weighted by Gasteiger charge is -2.37. The number of halogens is 1. The van der Waals surface area contributed by atoms with Gasteiger partial charge in [-0.1, -0.05) is 17.7 Å². The fourth-order valence-electron chi connectivity index (χ4n) is 2.72. The van der Waals surface area contributed by atoms with Crippen LogP contribution in [0.4, 0.5) is 11.4 Å². The molecule has 6 heteroatoms. The zero-order valence-corrected chi connectivity index (χ0v) is 15.1. The van der Waals surface area contributed by atoms with Gasteiger partial charge in [0.2, 0.25) is 0 Å². The Balaban J connectivity index is 1.54. The molecule has 4 nitrogen and oxygen atoms in total. The second kappa shape index (κ2) is 7.73. The van der Waals surface area contributed by atoms with E-state index < -0.39 is 0 Å². The summed E-state index contributed by atoms with van der Waals surface area (Å²) >= 11 is 11.6. The van der Waals surface area contributed by atoms with Crippen molar-refractivity contribution in [2.24, 2.45) is 0 Å². The van der Waals surface area contributed by atoms with Crippen molar-refractivity contribution >= 4 is 40.3 Å². The van der Waals surface area contributed by atoms with Crippen LogP contribution < -0.4 is 15.0 Å². The van der Waals surface area contributed by atoms with Crippen molar-refractivity contribution in [1.29, 1.82) is 0 Å². The maximum atomic E-state index is 6.08. The van der Waals surface area contributed by atoms with Gasteiger partial charge in [-0.3, -0.25) is 0 Å². The molecule has 2 aromatic rings. The van der Waals surface area contributed by atoms with Gasteiger partial charge in [-0.25, -0.2) is 0 Å². The van der Waals surface area contributed by atoms with E-state index in [1.165, 1.54) is 0 Å². The van der Waals surface area contributed by atoms with Gasteiger partial charge < -0.3 is 19.9 Å². The van der Waals surface area contributed by atoms with Gasteiger partial charge in [0.15, 0.2) is 5.11 Å². The van der Waals surface area contributed by atoms with Gasteiger partial charge >= 0.3 is 0 Å². The van der Waals surface area contributed by atoms with Gasteiger partial charge in [-0.2, -0.15) is 0 Å². The molecule has 1 aliphatic rings. The predicted molar refractivity (Wildman–Crippen MR) is 104 cm³/mol. The minimum Gasteiger partial charge on any atom is -0.497 e. The minimum absolute atomic E-state index is 0.755. The summed E-state index contributed by atoms with van der Waals surface area (Å²) in [6.45, 7) is 3.61. The fraction of sp³-hybridized carbons (Fsp3) is 0.278. The van der Waals surface area contributed by atoms with E-state index in [0.29, 0.717) is 0 Å². The van der Waals surface area contributed by atoms with E-state index in [9.17, 15) is 0 Å². The van der Waals surface area contributed by atoms with Crippen LogP contribution >= 0.6 is 23.8 Å². The van der Waals surface area contributed by atoms with Crippen LogP contribution in [-0.2, 0) is 0 Å². The number of thiocarbonyl (C=S) groups is 1. The number of rotatable bonds is 3. The Kier molecular flexibility index (Phi) is 5.43. The Hall–Kier alpha value is -1.98. The molecule has 24 heavy (non-hydrogen) atoms. The zero-order valence-electron chi connectivity index (χ0n) is 13.5. The number of hydrogen-bond acceptors (Lipinski definition) is 3. The minimum atomic E-state index is 0.755. The molecule has 3 rings (SSSR count). The molecule has 126 valence electrons. The Morgan fingerprint density at radius 2 is 1.79 bits per heavy atom. The van der Waals surface area contributed by atoms with Gasteiger partial charge in [-0.05, 0) is 54.7 Å². The van der Waals surface area contributed by atoms with Gasteiger partial charge in [0.05, 0.1) is 7.11 Å². The summed E-state index contributed by atoms with van der Waals surface area (Å²) < 4.78 is 5.17. The van der Waals surface area contributed by atoms with Gasteiger partial charge in [0, 0.05) is 42.6 Å². The van der Waals surface area contributed by atoms with Crippen molar-refractivity contribution in [3.63, 3.8) is 0 Å². The first-order chi connectivity index (χ1) is 11.7. The van der Waals surface area contributed by atoms with Crippen molar-refractivity contribution in [2.45, 2.75) is 0 Å². The molecule has 0 aromatic heterocycles. The van der Waals surface area contributed by atoms with E-state index in [1.807, 2.05) is 42.5 Å². The Labute approximate surface area is 153 Å².